The van der Waals surface area contributed by atoms with Gasteiger partial charge in [-0.3, -0.25) is 0 Å². The molecule has 0 unspecified atom stereocenters. The molecule has 4 aliphatic carbocycles. The van der Waals surface area contributed by atoms with Crippen LogP contribution in [-0.4, -0.2) is 28.8 Å². The third kappa shape index (κ3) is 4.21. The molecule has 29 heavy (non-hydrogen) atoms. The smallest absolute Gasteiger partial charge is 0.184 e. The van der Waals surface area contributed by atoms with Crippen LogP contribution < -0.4 is 0 Å². The Hall–Kier alpha value is 0.354. The van der Waals surface area contributed by atoms with Crippen molar-refractivity contribution in [2.45, 2.75) is 123 Å². The van der Waals surface area contributed by atoms with Crippen LogP contribution in [-0.2, 0) is 8.85 Å². The molecule has 2 nitrogen and oxygen atoms in total. The summed E-state index contributed by atoms with van der Waals surface area (Å²) in [7, 11) is -2.90. The Bertz CT molecular complexity index is 609. The van der Waals surface area contributed by atoms with Crippen LogP contribution in [0.1, 0.15) is 71.6 Å². The molecule has 0 aromatic carbocycles. The Morgan fingerprint density at radius 1 is 0.655 bits per heavy atom. The van der Waals surface area contributed by atoms with Crippen molar-refractivity contribution in [1.82, 2.24) is 0 Å². The summed E-state index contributed by atoms with van der Waals surface area (Å²) in [5.41, 5.74) is 1.02. The van der Waals surface area contributed by atoms with E-state index in [4.69, 9.17) is 8.85 Å². The van der Waals surface area contributed by atoms with Crippen LogP contribution in [0, 0.1) is 34.5 Å². The van der Waals surface area contributed by atoms with Gasteiger partial charge in [0.25, 0.3) is 0 Å². The summed E-state index contributed by atoms with van der Waals surface area (Å²) < 4.78 is 13.3. The topological polar surface area (TPSA) is 18.5 Å². The molecule has 0 heterocycles. The minimum atomic E-state index is -1.47. The number of hydrogen-bond donors (Lipinski definition) is 0. The minimum absolute atomic E-state index is 0.447. The summed E-state index contributed by atoms with van der Waals surface area (Å²) in [6, 6.07) is 0. The van der Waals surface area contributed by atoms with Crippen molar-refractivity contribution in [2.24, 2.45) is 34.5 Å². The Kier molecular flexibility index (Phi) is 5.79. The van der Waals surface area contributed by atoms with Crippen LogP contribution in [0.2, 0.25) is 39.3 Å². The van der Waals surface area contributed by atoms with Gasteiger partial charge in [-0.1, -0.05) is 13.8 Å². The first-order valence-corrected chi connectivity index (χ1v) is 19.5. The average Bonchev–Trinajstić information content (AvgIpc) is 2.89. The second-order valence-corrected chi connectivity index (χ2v) is 22.5. The third-order valence-corrected chi connectivity index (χ3v) is 11.6. The molecule has 168 valence electrons. The zero-order valence-corrected chi connectivity index (χ0v) is 22.6. The van der Waals surface area contributed by atoms with E-state index >= 15 is 0 Å². The van der Waals surface area contributed by atoms with Gasteiger partial charge in [0.2, 0.25) is 0 Å². The van der Waals surface area contributed by atoms with E-state index in [9.17, 15) is 0 Å². The second-order valence-electron chi connectivity index (χ2n) is 13.6. The minimum Gasteiger partial charge on any atom is -0.415 e. The Labute approximate surface area is 183 Å². The summed E-state index contributed by atoms with van der Waals surface area (Å²) in [6.07, 6.45) is 13.7. The fraction of sp³-hybridized carbons (Fsp3) is 1.00. The lowest BCUT2D eigenvalue weighted by atomic mass is 9.45. The first kappa shape index (κ1) is 22.5. The molecule has 0 spiro atoms. The molecule has 0 aromatic heterocycles. The molecule has 0 amide bonds. The largest absolute Gasteiger partial charge is 0.415 e. The number of hydrogen-bond acceptors (Lipinski definition) is 2. The van der Waals surface area contributed by atoms with E-state index in [1.54, 1.807) is 0 Å². The van der Waals surface area contributed by atoms with E-state index < -0.39 is 16.6 Å². The lowest BCUT2D eigenvalue weighted by Gasteiger charge is -2.61. The second kappa shape index (κ2) is 7.45. The lowest BCUT2D eigenvalue weighted by Crippen LogP contribution is -2.55. The van der Waals surface area contributed by atoms with Gasteiger partial charge in [0.15, 0.2) is 16.6 Å². The highest BCUT2D eigenvalue weighted by Gasteiger charge is 2.60. The lowest BCUT2D eigenvalue weighted by molar-refractivity contribution is -0.130. The Morgan fingerprint density at radius 2 is 1.28 bits per heavy atom. The first-order valence-electron chi connectivity index (χ1n) is 12.7. The van der Waals surface area contributed by atoms with Crippen molar-refractivity contribution in [2.75, 3.05) is 0 Å². The molecule has 4 aliphatic rings. The molecule has 4 saturated carbocycles. The summed E-state index contributed by atoms with van der Waals surface area (Å²) in [5.74, 6) is 3.73. The van der Waals surface area contributed by atoms with Crippen LogP contribution in [0.3, 0.4) is 0 Å². The van der Waals surface area contributed by atoms with Crippen LogP contribution in [0.4, 0.5) is 0 Å². The van der Waals surface area contributed by atoms with Gasteiger partial charge < -0.3 is 8.85 Å². The number of fused-ring (bicyclic) bond motifs is 5. The van der Waals surface area contributed by atoms with Crippen LogP contribution in [0.15, 0.2) is 0 Å². The van der Waals surface area contributed by atoms with Gasteiger partial charge in [0.1, 0.15) is 0 Å². The average molecular weight is 437 g/mol. The normalized spacial score (nSPS) is 48.0. The van der Waals surface area contributed by atoms with Gasteiger partial charge in [-0.15, -0.1) is 0 Å². The van der Waals surface area contributed by atoms with Crippen molar-refractivity contribution in [1.29, 1.82) is 0 Å². The molecule has 0 aromatic rings. The maximum absolute atomic E-state index is 6.77. The zero-order valence-electron chi connectivity index (χ0n) is 20.6. The van der Waals surface area contributed by atoms with Crippen LogP contribution in [0.25, 0.3) is 0 Å². The predicted molar refractivity (Wildman–Crippen MR) is 128 cm³/mol. The molecule has 0 radical (unpaired) electrons. The van der Waals surface area contributed by atoms with E-state index in [-0.39, 0.29) is 0 Å². The van der Waals surface area contributed by atoms with Gasteiger partial charge in [-0.05, 0) is 132 Å². The van der Waals surface area contributed by atoms with E-state index in [1.165, 1.54) is 57.8 Å². The van der Waals surface area contributed by atoms with E-state index in [2.05, 4.69) is 53.1 Å². The summed E-state index contributed by atoms with van der Waals surface area (Å²) in [5, 5.41) is 0. The molecule has 0 N–H and O–H groups in total. The highest BCUT2D eigenvalue weighted by Crippen LogP contribution is 2.66. The predicted octanol–water partition coefficient (Wildman–Crippen LogP) is 7.47. The Balaban J connectivity index is 1.49. The highest BCUT2D eigenvalue weighted by molar-refractivity contribution is 6.70. The maximum atomic E-state index is 6.77. The molecule has 0 bridgehead atoms. The van der Waals surface area contributed by atoms with Crippen molar-refractivity contribution in [3.8, 4) is 0 Å². The quantitative estimate of drug-likeness (QED) is 0.425. The fourth-order valence-electron chi connectivity index (χ4n) is 8.40. The highest BCUT2D eigenvalue weighted by atomic mass is 28.4. The van der Waals surface area contributed by atoms with Crippen molar-refractivity contribution >= 4 is 16.6 Å². The van der Waals surface area contributed by atoms with Crippen LogP contribution in [0.5, 0.6) is 0 Å². The number of rotatable bonds is 4. The zero-order chi connectivity index (χ0) is 21.2. The monoisotopic (exact) mass is 436 g/mol. The third-order valence-electron chi connectivity index (χ3n) is 9.55. The van der Waals surface area contributed by atoms with Gasteiger partial charge in [0, 0.05) is 6.10 Å². The molecular weight excluding hydrogens is 388 g/mol. The first-order chi connectivity index (χ1) is 13.3. The fourth-order valence-corrected chi connectivity index (χ4v) is 10.9. The summed E-state index contributed by atoms with van der Waals surface area (Å²) >= 11 is 0. The SMILES string of the molecule is C[C@]12CC[C@@H](O[Si](C)(C)C)C[C@H]1CC[C@@H]1[C@@H]2CC[C@]2(C)[C@@H](O[Si](C)(C)C)CC[C@@H]12. The van der Waals surface area contributed by atoms with E-state index in [0.29, 0.717) is 23.0 Å². The molecule has 0 aliphatic heterocycles. The van der Waals surface area contributed by atoms with E-state index in [0.717, 1.165) is 23.7 Å². The van der Waals surface area contributed by atoms with Gasteiger partial charge in [0.05, 0.1) is 6.10 Å². The van der Waals surface area contributed by atoms with Gasteiger partial charge >= 0.3 is 0 Å². The molecule has 0 saturated heterocycles. The molecule has 8 atom stereocenters. The van der Waals surface area contributed by atoms with E-state index in [1.807, 2.05) is 0 Å². The van der Waals surface area contributed by atoms with Gasteiger partial charge in [-0.2, -0.15) is 0 Å². The molecule has 4 rings (SSSR count). The Morgan fingerprint density at radius 3 is 1.93 bits per heavy atom. The molecular formula is C25H48O2Si2. The van der Waals surface area contributed by atoms with Crippen molar-refractivity contribution in [3.63, 3.8) is 0 Å². The van der Waals surface area contributed by atoms with Crippen molar-refractivity contribution < 1.29 is 8.85 Å². The summed E-state index contributed by atoms with van der Waals surface area (Å²) in [4.78, 5) is 0. The standard InChI is InChI=1S/C25H48O2Si2/c1-24-15-13-19(26-28(3,4)5)17-18(24)9-10-20-21-11-12-23(27-29(6,7)8)25(21,2)16-14-22(20)24/h18-23H,9-17H2,1-8H3/t18-,19-,20+,21+,22+,23+,24+,25+/m1/s1. The molecule has 4 heteroatoms. The van der Waals surface area contributed by atoms with Crippen LogP contribution >= 0.6 is 0 Å². The van der Waals surface area contributed by atoms with Crippen molar-refractivity contribution in [3.05, 3.63) is 0 Å². The molecule has 4 fully saturated rings. The maximum Gasteiger partial charge on any atom is 0.184 e. The van der Waals surface area contributed by atoms with Gasteiger partial charge in [-0.25, -0.2) is 0 Å². The summed E-state index contributed by atoms with van der Waals surface area (Å²) in [6.45, 7) is 19.5.